The van der Waals surface area contributed by atoms with Gasteiger partial charge in [0.15, 0.2) is 0 Å². The minimum atomic E-state index is -0.187. The number of benzene rings is 1. The third-order valence-electron chi connectivity index (χ3n) is 3.07. The van der Waals surface area contributed by atoms with Gasteiger partial charge in [-0.05, 0) is 48.4 Å². The van der Waals surface area contributed by atoms with Gasteiger partial charge in [-0.1, -0.05) is 33.3 Å². The third kappa shape index (κ3) is 4.86. The maximum atomic E-state index is 13.0. The summed E-state index contributed by atoms with van der Waals surface area (Å²) >= 11 is 0. The van der Waals surface area contributed by atoms with E-state index in [9.17, 15) is 4.39 Å². The lowest BCUT2D eigenvalue weighted by atomic mass is 9.88. The van der Waals surface area contributed by atoms with Crippen molar-refractivity contribution in [1.82, 2.24) is 0 Å². The van der Waals surface area contributed by atoms with Gasteiger partial charge in [-0.3, -0.25) is 0 Å². The largest absolute Gasteiger partial charge is 0.324 e. The predicted molar refractivity (Wildman–Crippen MR) is 71.4 cm³/mol. The highest BCUT2D eigenvalue weighted by Crippen LogP contribution is 2.26. The van der Waals surface area contributed by atoms with Gasteiger partial charge in [-0.25, -0.2) is 4.39 Å². The molecule has 0 aromatic heterocycles. The maximum absolute atomic E-state index is 13.0. The molecule has 0 saturated carbocycles. The molecular weight excluding hydrogens is 213 g/mol. The Balaban J connectivity index is 2.55. The van der Waals surface area contributed by atoms with Crippen molar-refractivity contribution >= 4 is 0 Å². The maximum Gasteiger partial charge on any atom is 0.123 e. The van der Waals surface area contributed by atoms with Crippen molar-refractivity contribution in [3.05, 3.63) is 35.1 Å². The first-order valence-corrected chi connectivity index (χ1v) is 6.31. The molecule has 1 atom stereocenters. The van der Waals surface area contributed by atoms with Crippen LogP contribution in [0.4, 0.5) is 4.39 Å². The zero-order valence-corrected chi connectivity index (χ0v) is 11.4. The van der Waals surface area contributed by atoms with Gasteiger partial charge >= 0.3 is 0 Å². The Bertz CT molecular complexity index is 366. The summed E-state index contributed by atoms with van der Waals surface area (Å²) < 4.78 is 13.0. The van der Waals surface area contributed by atoms with E-state index >= 15 is 0 Å². The topological polar surface area (TPSA) is 26.0 Å². The molecule has 0 aliphatic carbocycles. The number of hydrogen-bond acceptors (Lipinski definition) is 1. The minimum Gasteiger partial charge on any atom is -0.324 e. The molecular formula is C15H24FN. The molecule has 0 aliphatic heterocycles. The van der Waals surface area contributed by atoms with Crippen LogP contribution in [0.25, 0.3) is 0 Å². The summed E-state index contributed by atoms with van der Waals surface area (Å²) in [6.07, 6.45) is 3.24. The molecule has 0 aliphatic rings. The van der Waals surface area contributed by atoms with Gasteiger partial charge in [0.1, 0.15) is 5.82 Å². The highest BCUT2D eigenvalue weighted by molar-refractivity contribution is 5.29. The van der Waals surface area contributed by atoms with Crippen molar-refractivity contribution in [3.63, 3.8) is 0 Å². The molecule has 0 bridgehead atoms. The lowest BCUT2D eigenvalue weighted by molar-refractivity contribution is 0.353. The lowest BCUT2D eigenvalue weighted by Gasteiger charge is -2.20. The summed E-state index contributed by atoms with van der Waals surface area (Å²) in [5.41, 5.74) is 8.53. The molecule has 1 nitrogen and oxygen atoms in total. The molecule has 0 saturated heterocycles. The van der Waals surface area contributed by atoms with Gasteiger partial charge in [0.05, 0.1) is 0 Å². The number of rotatable bonds is 4. The summed E-state index contributed by atoms with van der Waals surface area (Å²) in [5.74, 6) is -0.187. The number of halogens is 1. The summed E-state index contributed by atoms with van der Waals surface area (Å²) in [6.45, 7) is 8.63. The Morgan fingerprint density at radius 2 is 1.94 bits per heavy atom. The molecule has 0 fully saturated rings. The van der Waals surface area contributed by atoms with E-state index in [4.69, 9.17) is 5.73 Å². The fourth-order valence-corrected chi connectivity index (χ4v) is 2.06. The molecule has 0 radical (unpaired) electrons. The molecule has 1 aromatic carbocycles. The van der Waals surface area contributed by atoms with E-state index < -0.39 is 0 Å². The second kappa shape index (κ2) is 5.63. The highest BCUT2D eigenvalue weighted by Gasteiger charge is 2.13. The van der Waals surface area contributed by atoms with E-state index in [1.165, 1.54) is 12.5 Å². The van der Waals surface area contributed by atoms with Crippen molar-refractivity contribution < 1.29 is 4.39 Å². The second-order valence-electron chi connectivity index (χ2n) is 6.06. The van der Waals surface area contributed by atoms with Gasteiger partial charge in [-0.15, -0.1) is 0 Å². The standard InChI is InChI=1S/C15H24FN/c1-11-10-12(16)7-8-13(11)14(17)6-5-9-15(2,3)4/h7-8,10,14H,5-6,9,17H2,1-4H3. The number of nitrogens with two attached hydrogens (primary N) is 1. The fourth-order valence-electron chi connectivity index (χ4n) is 2.06. The molecule has 96 valence electrons. The van der Waals surface area contributed by atoms with Crippen molar-refractivity contribution in [2.45, 2.75) is 53.0 Å². The highest BCUT2D eigenvalue weighted by atomic mass is 19.1. The van der Waals surface area contributed by atoms with Crippen LogP contribution in [0.1, 0.15) is 57.2 Å². The zero-order valence-electron chi connectivity index (χ0n) is 11.4. The van der Waals surface area contributed by atoms with Gasteiger partial charge in [0, 0.05) is 6.04 Å². The normalized spacial score (nSPS) is 13.8. The number of hydrogen-bond donors (Lipinski definition) is 1. The fraction of sp³-hybridized carbons (Fsp3) is 0.600. The summed E-state index contributed by atoms with van der Waals surface area (Å²) in [5, 5.41) is 0. The lowest BCUT2D eigenvalue weighted by Crippen LogP contribution is -2.13. The van der Waals surface area contributed by atoms with Crippen LogP contribution in [0.15, 0.2) is 18.2 Å². The van der Waals surface area contributed by atoms with Crippen LogP contribution < -0.4 is 5.73 Å². The molecule has 0 amide bonds. The SMILES string of the molecule is Cc1cc(F)ccc1C(N)CCCC(C)(C)C. The Labute approximate surface area is 104 Å². The van der Waals surface area contributed by atoms with E-state index in [1.54, 1.807) is 6.07 Å². The van der Waals surface area contributed by atoms with Crippen LogP contribution in [0.2, 0.25) is 0 Å². The quantitative estimate of drug-likeness (QED) is 0.827. The van der Waals surface area contributed by atoms with Gasteiger partial charge in [-0.2, -0.15) is 0 Å². The summed E-state index contributed by atoms with van der Waals surface area (Å²) in [6, 6.07) is 4.88. The Morgan fingerprint density at radius 3 is 2.47 bits per heavy atom. The minimum absolute atomic E-state index is 0.0259. The monoisotopic (exact) mass is 237 g/mol. The van der Waals surface area contributed by atoms with Gasteiger partial charge in [0.25, 0.3) is 0 Å². The predicted octanol–water partition coefficient (Wildman–Crippen LogP) is 4.35. The van der Waals surface area contributed by atoms with Crippen LogP contribution in [-0.2, 0) is 0 Å². The Morgan fingerprint density at radius 1 is 1.29 bits per heavy atom. The first-order valence-electron chi connectivity index (χ1n) is 6.31. The molecule has 2 heteroatoms. The molecule has 0 heterocycles. The third-order valence-corrected chi connectivity index (χ3v) is 3.07. The summed E-state index contributed by atoms with van der Waals surface area (Å²) in [4.78, 5) is 0. The van der Waals surface area contributed by atoms with Crippen molar-refractivity contribution in [3.8, 4) is 0 Å². The first-order chi connectivity index (χ1) is 7.79. The Kier molecular flexibility index (Phi) is 4.70. The van der Waals surface area contributed by atoms with Crippen molar-refractivity contribution in [1.29, 1.82) is 0 Å². The van der Waals surface area contributed by atoms with E-state index in [0.29, 0.717) is 5.41 Å². The van der Waals surface area contributed by atoms with Crippen LogP contribution in [0.3, 0.4) is 0 Å². The Hall–Kier alpha value is -0.890. The van der Waals surface area contributed by atoms with Crippen LogP contribution in [-0.4, -0.2) is 0 Å². The first kappa shape index (κ1) is 14.2. The molecule has 0 spiro atoms. The van der Waals surface area contributed by atoms with Crippen molar-refractivity contribution in [2.24, 2.45) is 11.1 Å². The van der Waals surface area contributed by atoms with Crippen LogP contribution in [0.5, 0.6) is 0 Å². The smallest absolute Gasteiger partial charge is 0.123 e. The molecule has 2 N–H and O–H groups in total. The zero-order chi connectivity index (χ0) is 13.1. The van der Waals surface area contributed by atoms with E-state index in [-0.39, 0.29) is 11.9 Å². The van der Waals surface area contributed by atoms with Crippen LogP contribution in [0, 0.1) is 18.2 Å². The molecule has 1 rings (SSSR count). The molecule has 1 aromatic rings. The molecule has 17 heavy (non-hydrogen) atoms. The summed E-state index contributed by atoms with van der Waals surface area (Å²) in [7, 11) is 0. The van der Waals surface area contributed by atoms with Gasteiger partial charge < -0.3 is 5.73 Å². The average molecular weight is 237 g/mol. The van der Waals surface area contributed by atoms with E-state index in [2.05, 4.69) is 20.8 Å². The second-order valence-corrected chi connectivity index (χ2v) is 6.06. The average Bonchev–Trinajstić information content (AvgIpc) is 2.15. The number of aryl methyl sites for hydroxylation is 1. The van der Waals surface area contributed by atoms with Gasteiger partial charge in [0.2, 0.25) is 0 Å². The van der Waals surface area contributed by atoms with E-state index in [0.717, 1.165) is 24.0 Å². The van der Waals surface area contributed by atoms with Crippen molar-refractivity contribution in [2.75, 3.05) is 0 Å². The molecule has 1 unspecified atom stereocenters. The van der Waals surface area contributed by atoms with Crippen LogP contribution >= 0.6 is 0 Å². The van der Waals surface area contributed by atoms with E-state index in [1.807, 2.05) is 13.0 Å².